The molecule has 1 aromatic carbocycles. The van der Waals surface area contributed by atoms with E-state index in [0.29, 0.717) is 6.17 Å². The van der Waals surface area contributed by atoms with Crippen LogP contribution in [0.4, 0.5) is 0 Å². The molecular formula is C29H50N2. The summed E-state index contributed by atoms with van der Waals surface area (Å²) in [5.74, 6) is 0. The largest absolute Gasteiger partial charge is 0.356 e. The standard InChI is InChI=1S/C29H50N2/c1-3-5-7-8-9-10-11-12-13-14-15-20-24-30-25-26-31(29(30)23-17-6-4-2)27-28-21-18-16-19-22-28/h16,18-19,21-22,25-26,29H,3-15,17,20,23-24,27H2,1-2H3. The summed E-state index contributed by atoms with van der Waals surface area (Å²) in [5, 5.41) is 0. The lowest BCUT2D eigenvalue weighted by Gasteiger charge is -2.33. The summed E-state index contributed by atoms with van der Waals surface area (Å²) in [7, 11) is 0. The van der Waals surface area contributed by atoms with Gasteiger partial charge in [-0.2, -0.15) is 0 Å². The molecule has 0 saturated carbocycles. The zero-order valence-corrected chi connectivity index (χ0v) is 20.7. The van der Waals surface area contributed by atoms with Crippen LogP contribution in [-0.2, 0) is 6.54 Å². The molecule has 0 aliphatic carbocycles. The van der Waals surface area contributed by atoms with Crippen molar-refractivity contribution < 1.29 is 0 Å². The number of nitrogens with zero attached hydrogens (tertiary/aromatic N) is 2. The van der Waals surface area contributed by atoms with E-state index >= 15 is 0 Å². The van der Waals surface area contributed by atoms with Gasteiger partial charge in [0, 0.05) is 25.5 Å². The molecule has 1 atom stereocenters. The third-order valence-corrected chi connectivity index (χ3v) is 6.76. The molecule has 1 heterocycles. The van der Waals surface area contributed by atoms with Crippen LogP contribution in [0.3, 0.4) is 0 Å². The fraction of sp³-hybridized carbons (Fsp3) is 0.724. The van der Waals surface area contributed by atoms with Crippen molar-refractivity contribution in [3.63, 3.8) is 0 Å². The fourth-order valence-corrected chi connectivity index (χ4v) is 4.78. The SMILES string of the molecule is CCCCCCCCCCCCCCN1C=CN(Cc2ccccc2)C1CCCCC. The molecule has 2 rings (SSSR count). The monoisotopic (exact) mass is 426 g/mol. The summed E-state index contributed by atoms with van der Waals surface area (Å²) >= 11 is 0. The van der Waals surface area contributed by atoms with Gasteiger partial charge in [0.15, 0.2) is 0 Å². The van der Waals surface area contributed by atoms with Crippen LogP contribution >= 0.6 is 0 Å². The lowest BCUT2D eigenvalue weighted by Crippen LogP contribution is -2.38. The van der Waals surface area contributed by atoms with E-state index in [4.69, 9.17) is 0 Å². The Bertz CT molecular complexity index is 553. The van der Waals surface area contributed by atoms with E-state index in [1.54, 1.807) is 0 Å². The molecule has 31 heavy (non-hydrogen) atoms. The first-order chi connectivity index (χ1) is 15.3. The molecule has 1 aromatic rings. The van der Waals surface area contributed by atoms with Gasteiger partial charge in [-0.15, -0.1) is 0 Å². The molecule has 0 N–H and O–H groups in total. The molecule has 1 aliphatic heterocycles. The fourth-order valence-electron chi connectivity index (χ4n) is 4.78. The van der Waals surface area contributed by atoms with Gasteiger partial charge in [-0.1, -0.05) is 128 Å². The molecular weight excluding hydrogens is 376 g/mol. The zero-order chi connectivity index (χ0) is 22.0. The maximum absolute atomic E-state index is 2.62. The summed E-state index contributed by atoms with van der Waals surface area (Å²) in [5.41, 5.74) is 1.42. The van der Waals surface area contributed by atoms with E-state index in [1.165, 1.54) is 115 Å². The Morgan fingerprint density at radius 3 is 1.71 bits per heavy atom. The van der Waals surface area contributed by atoms with E-state index in [-0.39, 0.29) is 0 Å². The lowest BCUT2D eigenvalue weighted by atomic mass is 10.1. The zero-order valence-electron chi connectivity index (χ0n) is 20.7. The number of rotatable bonds is 19. The molecule has 1 unspecified atom stereocenters. The van der Waals surface area contributed by atoms with Crippen molar-refractivity contribution in [2.24, 2.45) is 0 Å². The highest BCUT2D eigenvalue weighted by Gasteiger charge is 2.25. The highest BCUT2D eigenvalue weighted by molar-refractivity contribution is 5.15. The highest BCUT2D eigenvalue weighted by Crippen LogP contribution is 2.24. The van der Waals surface area contributed by atoms with E-state index < -0.39 is 0 Å². The third kappa shape index (κ3) is 11.1. The second kappa shape index (κ2) is 17.2. The van der Waals surface area contributed by atoms with Crippen LogP contribution in [0.2, 0.25) is 0 Å². The Morgan fingerprint density at radius 1 is 0.581 bits per heavy atom. The van der Waals surface area contributed by atoms with Crippen LogP contribution in [0.15, 0.2) is 42.7 Å². The molecule has 2 nitrogen and oxygen atoms in total. The van der Waals surface area contributed by atoms with E-state index in [1.807, 2.05) is 0 Å². The maximum Gasteiger partial charge on any atom is 0.101 e. The van der Waals surface area contributed by atoms with Crippen LogP contribution in [-0.4, -0.2) is 22.5 Å². The Labute approximate surface area is 194 Å². The van der Waals surface area contributed by atoms with Crippen LogP contribution in [0.25, 0.3) is 0 Å². The Hall–Kier alpha value is -1.44. The normalized spacial score (nSPS) is 15.9. The average molecular weight is 427 g/mol. The van der Waals surface area contributed by atoms with Gasteiger partial charge in [0.25, 0.3) is 0 Å². The average Bonchev–Trinajstić information content (AvgIpc) is 3.16. The van der Waals surface area contributed by atoms with Gasteiger partial charge in [-0.3, -0.25) is 0 Å². The molecule has 0 radical (unpaired) electrons. The smallest absolute Gasteiger partial charge is 0.101 e. The Balaban J connectivity index is 1.59. The summed E-state index contributed by atoms with van der Waals surface area (Å²) in [6, 6.07) is 10.9. The molecule has 2 heteroatoms. The first-order valence-electron chi connectivity index (χ1n) is 13.6. The van der Waals surface area contributed by atoms with Crippen molar-refractivity contribution in [3.05, 3.63) is 48.3 Å². The van der Waals surface area contributed by atoms with Crippen LogP contribution in [0, 0.1) is 0 Å². The third-order valence-electron chi connectivity index (χ3n) is 6.76. The number of hydrogen-bond acceptors (Lipinski definition) is 2. The second-order valence-corrected chi connectivity index (χ2v) is 9.56. The van der Waals surface area contributed by atoms with Crippen molar-refractivity contribution in [1.82, 2.24) is 9.80 Å². The molecule has 1 aliphatic rings. The van der Waals surface area contributed by atoms with Gasteiger partial charge >= 0.3 is 0 Å². The maximum atomic E-state index is 2.62. The van der Waals surface area contributed by atoms with Crippen molar-refractivity contribution >= 4 is 0 Å². The molecule has 0 bridgehead atoms. The minimum atomic E-state index is 0.555. The summed E-state index contributed by atoms with van der Waals surface area (Å²) < 4.78 is 0. The summed E-state index contributed by atoms with van der Waals surface area (Å²) in [6.07, 6.45) is 27.6. The van der Waals surface area contributed by atoms with Crippen molar-refractivity contribution in [2.45, 2.75) is 129 Å². The molecule has 176 valence electrons. The van der Waals surface area contributed by atoms with Gasteiger partial charge in [0.2, 0.25) is 0 Å². The van der Waals surface area contributed by atoms with Crippen LogP contribution in [0.5, 0.6) is 0 Å². The quantitative estimate of drug-likeness (QED) is 0.204. The predicted molar refractivity (Wildman–Crippen MR) is 137 cm³/mol. The molecule has 0 spiro atoms. The van der Waals surface area contributed by atoms with Crippen LogP contribution < -0.4 is 0 Å². The topological polar surface area (TPSA) is 6.48 Å². The van der Waals surface area contributed by atoms with Gasteiger partial charge in [-0.05, 0) is 24.8 Å². The van der Waals surface area contributed by atoms with Crippen molar-refractivity contribution in [2.75, 3.05) is 6.54 Å². The Kier molecular flexibility index (Phi) is 14.3. The number of unbranched alkanes of at least 4 members (excludes halogenated alkanes) is 13. The van der Waals surface area contributed by atoms with E-state index in [9.17, 15) is 0 Å². The van der Waals surface area contributed by atoms with Crippen molar-refractivity contribution in [1.29, 1.82) is 0 Å². The number of hydrogen-bond donors (Lipinski definition) is 0. The second-order valence-electron chi connectivity index (χ2n) is 9.56. The number of benzene rings is 1. The molecule has 0 amide bonds. The lowest BCUT2D eigenvalue weighted by molar-refractivity contribution is 0.132. The van der Waals surface area contributed by atoms with Gasteiger partial charge in [0.05, 0.1) is 0 Å². The highest BCUT2D eigenvalue weighted by atomic mass is 15.4. The van der Waals surface area contributed by atoms with Gasteiger partial charge in [0.1, 0.15) is 6.17 Å². The molecule has 0 fully saturated rings. The van der Waals surface area contributed by atoms with Gasteiger partial charge in [-0.25, -0.2) is 0 Å². The Morgan fingerprint density at radius 2 is 1.10 bits per heavy atom. The molecule has 0 saturated heterocycles. The van der Waals surface area contributed by atoms with Crippen molar-refractivity contribution in [3.8, 4) is 0 Å². The predicted octanol–water partition coefficient (Wildman–Crippen LogP) is 8.88. The van der Waals surface area contributed by atoms with Crippen LogP contribution in [0.1, 0.15) is 122 Å². The first-order valence-corrected chi connectivity index (χ1v) is 13.6. The van der Waals surface area contributed by atoms with E-state index in [2.05, 4.69) is 66.4 Å². The minimum Gasteiger partial charge on any atom is -0.356 e. The first kappa shape index (κ1) is 25.8. The molecule has 0 aromatic heterocycles. The summed E-state index contributed by atoms with van der Waals surface area (Å²) in [4.78, 5) is 5.18. The van der Waals surface area contributed by atoms with Gasteiger partial charge < -0.3 is 9.80 Å². The summed E-state index contributed by atoms with van der Waals surface area (Å²) in [6.45, 7) is 6.85. The minimum absolute atomic E-state index is 0.555. The van der Waals surface area contributed by atoms with E-state index in [0.717, 1.165) is 6.54 Å².